The minimum absolute atomic E-state index is 0.119. The van der Waals surface area contributed by atoms with Crippen molar-refractivity contribution in [2.45, 2.75) is 219 Å². The Morgan fingerprint density at radius 3 is 1.20 bits per heavy atom. The highest BCUT2D eigenvalue weighted by atomic mass is 16.6. The Morgan fingerprint density at radius 2 is 0.805 bits per heavy atom. The van der Waals surface area contributed by atoms with Crippen LogP contribution in [0.25, 0.3) is 0 Å². The Morgan fingerprint density at radius 1 is 0.488 bits per heavy atom. The van der Waals surface area contributed by atoms with E-state index in [1.54, 1.807) is 0 Å². The molecule has 0 heterocycles. The SMILES string of the molecule is CCCCCCCCCCCCCCCCC(OC(=O)CCCCCCCCCCC(O)CCCCCC)C(=O)O. The fraction of sp³-hybridized carbons (Fsp3) is 0.944. The van der Waals surface area contributed by atoms with Gasteiger partial charge < -0.3 is 14.9 Å². The molecule has 2 atom stereocenters. The molecule has 41 heavy (non-hydrogen) atoms. The van der Waals surface area contributed by atoms with Crippen LogP contribution in [0.3, 0.4) is 0 Å². The summed E-state index contributed by atoms with van der Waals surface area (Å²) in [6, 6.07) is 0. The molecule has 0 aliphatic heterocycles. The van der Waals surface area contributed by atoms with Gasteiger partial charge >= 0.3 is 11.9 Å². The topological polar surface area (TPSA) is 83.8 Å². The minimum atomic E-state index is -1.02. The normalized spacial score (nSPS) is 12.9. The zero-order valence-corrected chi connectivity index (χ0v) is 27.5. The van der Waals surface area contributed by atoms with Crippen LogP contribution in [0.2, 0.25) is 0 Å². The standard InChI is InChI=1S/C36H70O5/c1-3-5-7-9-10-11-12-13-14-15-16-20-23-27-31-34(36(39)40)41-35(38)32-28-24-21-18-17-19-22-26-30-33(37)29-25-8-6-4-2/h33-34,37H,3-32H2,1-2H3,(H,39,40). The molecule has 0 spiro atoms. The maximum absolute atomic E-state index is 12.2. The molecule has 2 N–H and O–H groups in total. The van der Waals surface area contributed by atoms with Crippen molar-refractivity contribution < 1.29 is 24.5 Å². The van der Waals surface area contributed by atoms with E-state index in [4.69, 9.17) is 4.74 Å². The van der Waals surface area contributed by atoms with Gasteiger partial charge in [-0.1, -0.05) is 168 Å². The number of aliphatic hydroxyl groups is 1. The Balaban J connectivity index is 3.57. The molecule has 0 aromatic heterocycles. The van der Waals surface area contributed by atoms with Gasteiger partial charge in [0.2, 0.25) is 0 Å². The lowest BCUT2D eigenvalue weighted by Crippen LogP contribution is -2.27. The minimum Gasteiger partial charge on any atom is -0.479 e. The number of ether oxygens (including phenoxy) is 1. The van der Waals surface area contributed by atoms with Gasteiger partial charge in [0.05, 0.1) is 6.10 Å². The van der Waals surface area contributed by atoms with Crippen LogP contribution in [-0.2, 0) is 14.3 Å². The van der Waals surface area contributed by atoms with Gasteiger partial charge in [0.15, 0.2) is 6.10 Å². The van der Waals surface area contributed by atoms with Gasteiger partial charge in [-0.2, -0.15) is 0 Å². The van der Waals surface area contributed by atoms with Crippen molar-refractivity contribution in [3.63, 3.8) is 0 Å². The smallest absolute Gasteiger partial charge is 0.345 e. The molecule has 5 heteroatoms. The maximum Gasteiger partial charge on any atom is 0.345 e. The second-order valence-electron chi connectivity index (χ2n) is 12.6. The molecule has 0 aliphatic carbocycles. The summed E-state index contributed by atoms with van der Waals surface area (Å²) in [4.78, 5) is 23.7. The zero-order chi connectivity index (χ0) is 30.2. The highest BCUT2D eigenvalue weighted by Gasteiger charge is 2.21. The highest BCUT2D eigenvalue weighted by molar-refractivity contribution is 5.77. The van der Waals surface area contributed by atoms with E-state index in [0.717, 1.165) is 64.2 Å². The summed E-state index contributed by atoms with van der Waals surface area (Å²) < 4.78 is 5.29. The van der Waals surface area contributed by atoms with Gasteiger partial charge in [-0.15, -0.1) is 0 Å². The van der Waals surface area contributed by atoms with Gasteiger partial charge in [-0.3, -0.25) is 4.79 Å². The van der Waals surface area contributed by atoms with Gasteiger partial charge in [-0.25, -0.2) is 4.79 Å². The quantitative estimate of drug-likeness (QED) is 0.0594. The van der Waals surface area contributed by atoms with E-state index in [0.29, 0.717) is 12.8 Å². The molecule has 0 bridgehead atoms. The summed E-state index contributed by atoms with van der Waals surface area (Å²) in [7, 11) is 0. The number of carboxylic acids is 1. The Bertz CT molecular complexity index is 564. The molecule has 244 valence electrons. The third-order valence-corrected chi connectivity index (χ3v) is 8.43. The molecule has 5 nitrogen and oxygen atoms in total. The van der Waals surface area contributed by atoms with E-state index in [1.165, 1.54) is 116 Å². The fourth-order valence-corrected chi connectivity index (χ4v) is 5.64. The number of hydrogen-bond donors (Lipinski definition) is 2. The average Bonchev–Trinajstić information content (AvgIpc) is 2.95. The molecule has 0 saturated heterocycles. The van der Waals surface area contributed by atoms with Crippen LogP contribution in [0.4, 0.5) is 0 Å². The van der Waals surface area contributed by atoms with E-state index in [9.17, 15) is 19.8 Å². The highest BCUT2D eigenvalue weighted by Crippen LogP contribution is 2.17. The number of carbonyl (C=O) groups is 2. The van der Waals surface area contributed by atoms with Crippen LogP contribution >= 0.6 is 0 Å². The number of aliphatic hydroxyl groups excluding tert-OH is 1. The maximum atomic E-state index is 12.2. The van der Waals surface area contributed by atoms with Gasteiger partial charge in [0.1, 0.15) is 0 Å². The number of hydrogen-bond acceptors (Lipinski definition) is 4. The average molecular weight is 583 g/mol. The van der Waals surface area contributed by atoms with E-state index in [1.807, 2.05) is 0 Å². The number of aliphatic carboxylic acids is 1. The second kappa shape index (κ2) is 31.8. The number of rotatable bonds is 33. The Kier molecular flexibility index (Phi) is 31.0. The van der Waals surface area contributed by atoms with Gasteiger partial charge in [0, 0.05) is 6.42 Å². The largest absolute Gasteiger partial charge is 0.479 e. The van der Waals surface area contributed by atoms with Crippen LogP contribution in [0.5, 0.6) is 0 Å². The number of carboxylic acid groups (broad SMARTS) is 1. The molecule has 0 rings (SSSR count). The number of unbranched alkanes of at least 4 members (excludes halogenated alkanes) is 23. The third kappa shape index (κ3) is 30.2. The van der Waals surface area contributed by atoms with Crippen molar-refractivity contribution in [3.8, 4) is 0 Å². The van der Waals surface area contributed by atoms with E-state index >= 15 is 0 Å². The molecule has 0 aromatic carbocycles. The summed E-state index contributed by atoms with van der Waals surface area (Å²) in [5.74, 6) is -1.38. The predicted molar refractivity (Wildman–Crippen MR) is 173 cm³/mol. The molecular formula is C36H70O5. The molecule has 2 unspecified atom stereocenters. The van der Waals surface area contributed by atoms with Crippen molar-refractivity contribution in [2.75, 3.05) is 0 Å². The van der Waals surface area contributed by atoms with Crippen LogP contribution in [0.15, 0.2) is 0 Å². The first-order valence-electron chi connectivity index (χ1n) is 18.1. The van der Waals surface area contributed by atoms with E-state index in [2.05, 4.69) is 13.8 Å². The lowest BCUT2D eigenvalue weighted by Gasteiger charge is -2.13. The predicted octanol–water partition coefficient (Wildman–Crippen LogP) is 11.1. The summed E-state index contributed by atoms with van der Waals surface area (Å²) in [5.41, 5.74) is 0. The zero-order valence-electron chi connectivity index (χ0n) is 27.5. The van der Waals surface area contributed by atoms with Crippen molar-refractivity contribution >= 4 is 11.9 Å². The molecule has 0 radical (unpaired) electrons. The summed E-state index contributed by atoms with van der Waals surface area (Å²) >= 11 is 0. The third-order valence-electron chi connectivity index (χ3n) is 8.43. The summed E-state index contributed by atoms with van der Waals surface area (Å²) in [6.07, 6.45) is 32.9. The lowest BCUT2D eigenvalue weighted by atomic mass is 10.0. The van der Waals surface area contributed by atoms with Crippen molar-refractivity contribution in [1.82, 2.24) is 0 Å². The van der Waals surface area contributed by atoms with Crippen molar-refractivity contribution in [1.29, 1.82) is 0 Å². The molecule has 0 aromatic rings. The van der Waals surface area contributed by atoms with Crippen LogP contribution < -0.4 is 0 Å². The molecule has 0 saturated carbocycles. The lowest BCUT2D eigenvalue weighted by molar-refractivity contribution is -0.164. The Hall–Kier alpha value is -1.10. The van der Waals surface area contributed by atoms with Crippen LogP contribution in [0, 0.1) is 0 Å². The van der Waals surface area contributed by atoms with Crippen molar-refractivity contribution in [2.24, 2.45) is 0 Å². The molecule has 0 aliphatic rings. The van der Waals surface area contributed by atoms with Crippen molar-refractivity contribution in [3.05, 3.63) is 0 Å². The summed E-state index contributed by atoms with van der Waals surface area (Å²) in [6.45, 7) is 4.47. The first kappa shape index (κ1) is 39.9. The monoisotopic (exact) mass is 583 g/mol. The first-order chi connectivity index (χ1) is 20.0. The van der Waals surface area contributed by atoms with E-state index < -0.39 is 12.1 Å². The van der Waals surface area contributed by atoms with Gasteiger partial charge in [-0.05, 0) is 32.1 Å². The molecule has 0 amide bonds. The molecular weight excluding hydrogens is 512 g/mol. The number of esters is 1. The van der Waals surface area contributed by atoms with E-state index in [-0.39, 0.29) is 12.1 Å². The fourth-order valence-electron chi connectivity index (χ4n) is 5.64. The first-order valence-corrected chi connectivity index (χ1v) is 18.1. The molecule has 0 fully saturated rings. The van der Waals surface area contributed by atoms with Crippen LogP contribution in [0.1, 0.15) is 206 Å². The van der Waals surface area contributed by atoms with Gasteiger partial charge in [0.25, 0.3) is 0 Å². The number of carbonyl (C=O) groups excluding carboxylic acids is 1. The summed E-state index contributed by atoms with van der Waals surface area (Å²) in [5, 5.41) is 19.5. The van der Waals surface area contributed by atoms with Crippen LogP contribution in [-0.4, -0.2) is 34.4 Å². The Labute approximate surface area is 255 Å². The second-order valence-corrected chi connectivity index (χ2v) is 12.6.